The van der Waals surface area contributed by atoms with Crippen LogP contribution in [0, 0.1) is 0 Å². The van der Waals surface area contributed by atoms with Crippen LogP contribution in [0.4, 0.5) is 0 Å². The molecule has 0 saturated carbocycles. The molecule has 0 radical (unpaired) electrons. The van der Waals surface area contributed by atoms with Crippen molar-refractivity contribution in [2.75, 3.05) is 6.61 Å². The number of ether oxygens (including phenoxy) is 5. The molecule has 0 aromatic carbocycles. The van der Waals surface area contributed by atoms with E-state index in [9.17, 15) is 19.2 Å². The van der Waals surface area contributed by atoms with Crippen LogP contribution in [0.1, 0.15) is 41.5 Å². The summed E-state index contributed by atoms with van der Waals surface area (Å²) < 4.78 is 27.1. The van der Waals surface area contributed by atoms with Gasteiger partial charge in [-0.2, -0.15) is 0 Å². The minimum atomic E-state index is -1.12. The molecule has 154 valence electrons. The highest BCUT2D eigenvalue weighted by atomic mass is 16.7. The van der Waals surface area contributed by atoms with Gasteiger partial charge in [-0.3, -0.25) is 19.2 Å². The molecule has 1 fully saturated rings. The molecule has 1 N–H and O–H groups in total. The first-order valence-corrected chi connectivity index (χ1v) is 8.57. The fourth-order valence-electron chi connectivity index (χ4n) is 2.68. The molecular weight excluding hydrogens is 362 g/mol. The highest BCUT2D eigenvalue weighted by Gasteiger charge is 2.51. The van der Waals surface area contributed by atoms with Crippen molar-refractivity contribution in [3.05, 3.63) is 0 Å². The van der Waals surface area contributed by atoms with E-state index in [1.54, 1.807) is 13.8 Å². The minimum Gasteiger partial charge on any atom is -0.463 e. The summed E-state index contributed by atoms with van der Waals surface area (Å²) in [6, 6.07) is -0.938. The minimum absolute atomic E-state index is 0.254. The summed E-state index contributed by atoms with van der Waals surface area (Å²) in [7, 11) is 0. The molecule has 1 aliphatic rings. The second kappa shape index (κ2) is 10.2. The summed E-state index contributed by atoms with van der Waals surface area (Å²) in [5.41, 5.74) is 0. The summed E-state index contributed by atoms with van der Waals surface area (Å²) in [6.07, 6.45) is -4.49. The summed E-state index contributed by atoms with van der Waals surface area (Å²) in [5.74, 6) is -2.28. The Morgan fingerprint density at radius 3 is 1.93 bits per heavy atom. The number of esters is 3. The van der Waals surface area contributed by atoms with Crippen LogP contribution in [-0.2, 0) is 42.9 Å². The van der Waals surface area contributed by atoms with E-state index in [-0.39, 0.29) is 12.7 Å². The van der Waals surface area contributed by atoms with E-state index in [2.05, 4.69) is 5.32 Å². The third-order valence-corrected chi connectivity index (χ3v) is 3.48. The van der Waals surface area contributed by atoms with Gasteiger partial charge in [0.25, 0.3) is 0 Å². The third kappa shape index (κ3) is 7.51. The van der Waals surface area contributed by atoms with Gasteiger partial charge in [-0.25, -0.2) is 0 Å². The first-order valence-electron chi connectivity index (χ1n) is 8.57. The van der Waals surface area contributed by atoms with Crippen molar-refractivity contribution in [2.24, 2.45) is 0 Å². The Morgan fingerprint density at radius 2 is 1.48 bits per heavy atom. The van der Waals surface area contributed by atoms with Gasteiger partial charge in [0.05, 0.1) is 6.10 Å². The molecule has 1 saturated heterocycles. The van der Waals surface area contributed by atoms with Crippen LogP contribution in [0.5, 0.6) is 0 Å². The van der Waals surface area contributed by atoms with E-state index in [0.29, 0.717) is 0 Å². The number of amides is 1. The van der Waals surface area contributed by atoms with Crippen molar-refractivity contribution in [3.8, 4) is 0 Å². The average Bonchev–Trinajstić information content (AvgIpc) is 2.49. The van der Waals surface area contributed by atoms with Gasteiger partial charge in [0.1, 0.15) is 18.8 Å². The van der Waals surface area contributed by atoms with E-state index >= 15 is 0 Å². The molecule has 1 aliphatic heterocycles. The maximum Gasteiger partial charge on any atom is 0.303 e. The quantitative estimate of drug-likeness (QED) is 0.475. The molecule has 0 bridgehead atoms. The first-order chi connectivity index (χ1) is 12.5. The van der Waals surface area contributed by atoms with Crippen molar-refractivity contribution < 1.29 is 42.9 Å². The Hall–Kier alpha value is -2.20. The smallest absolute Gasteiger partial charge is 0.303 e. The lowest BCUT2D eigenvalue weighted by atomic mass is 9.96. The molecule has 0 aromatic heterocycles. The SMILES string of the molecule is CC(=O)N[C@@H]1[C@H](OC(C)C)O[C@H](COC(C)=O)[C@@H](OC(C)=O)[C@H]1OC(C)=O. The standard InChI is InChI=1S/C17H27NO9/c1-8(2)24-17-14(18-9(3)19)16(26-12(6)22)15(25-11(5)21)13(27-17)7-23-10(4)20/h8,13-17H,7H2,1-6H3,(H,18,19)/t13-,14+,15-,16+,17-/m1/s1. The molecule has 0 spiro atoms. The third-order valence-electron chi connectivity index (χ3n) is 3.48. The predicted molar refractivity (Wildman–Crippen MR) is 90.2 cm³/mol. The molecule has 1 amide bonds. The fraction of sp³-hybridized carbons (Fsp3) is 0.765. The second-order valence-corrected chi connectivity index (χ2v) is 6.40. The molecule has 5 atom stereocenters. The highest BCUT2D eigenvalue weighted by molar-refractivity contribution is 5.73. The molecule has 1 rings (SSSR count). The Morgan fingerprint density at radius 1 is 0.926 bits per heavy atom. The maximum absolute atomic E-state index is 11.7. The van der Waals surface area contributed by atoms with E-state index in [1.807, 2.05) is 0 Å². The van der Waals surface area contributed by atoms with Crippen molar-refractivity contribution in [3.63, 3.8) is 0 Å². The van der Waals surface area contributed by atoms with E-state index < -0.39 is 54.5 Å². The predicted octanol–water partition coefficient (Wildman–Crippen LogP) is 0.0675. The fourth-order valence-corrected chi connectivity index (χ4v) is 2.68. The van der Waals surface area contributed by atoms with E-state index in [4.69, 9.17) is 23.7 Å². The number of carbonyl (C=O) groups is 4. The van der Waals surface area contributed by atoms with Crippen LogP contribution in [0.15, 0.2) is 0 Å². The number of hydrogen-bond acceptors (Lipinski definition) is 9. The lowest BCUT2D eigenvalue weighted by Gasteiger charge is -2.45. The van der Waals surface area contributed by atoms with Crippen LogP contribution in [0.2, 0.25) is 0 Å². The van der Waals surface area contributed by atoms with Crippen molar-refractivity contribution in [1.82, 2.24) is 5.32 Å². The number of nitrogens with one attached hydrogen (secondary N) is 1. The van der Waals surface area contributed by atoms with Crippen LogP contribution in [0.25, 0.3) is 0 Å². The lowest BCUT2D eigenvalue weighted by molar-refractivity contribution is -0.285. The van der Waals surface area contributed by atoms with Gasteiger partial charge in [0.2, 0.25) is 5.91 Å². The van der Waals surface area contributed by atoms with Gasteiger partial charge in [-0.1, -0.05) is 0 Å². The highest BCUT2D eigenvalue weighted by Crippen LogP contribution is 2.28. The molecule has 10 nitrogen and oxygen atoms in total. The number of hydrogen-bond donors (Lipinski definition) is 1. The lowest BCUT2D eigenvalue weighted by Crippen LogP contribution is -2.66. The van der Waals surface area contributed by atoms with Gasteiger partial charge in [0.15, 0.2) is 18.5 Å². The van der Waals surface area contributed by atoms with E-state index in [0.717, 1.165) is 0 Å². The van der Waals surface area contributed by atoms with Gasteiger partial charge in [0, 0.05) is 27.7 Å². The summed E-state index contributed by atoms with van der Waals surface area (Å²) in [5, 5.41) is 2.62. The monoisotopic (exact) mass is 389 g/mol. The molecule has 27 heavy (non-hydrogen) atoms. The molecule has 0 unspecified atom stereocenters. The summed E-state index contributed by atoms with van der Waals surface area (Å²) >= 11 is 0. The normalized spacial score (nSPS) is 27.6. The van der Waals surface area contributed by atoms with Gasteiger partial charge in [-0.15, -0.1) is 0 Å². The molecule has 0 aromatic rings. The van der Waals surface area contributed by atoms with Crippen molar-refractivity contribution in [1.29, 1.82) is 0 Å². The van der Waals surface area contributed by atoms with Crippen LogP contribution < -0.4 is 5.32 Å². The second-order valence-electron chi connectivity index (χ2n) is 6.40. The molecule has 0 aliphatic carbocycles. The Kier molecular flexibility index (Phi) is 8.64. The van der Waals surface area contributed by atoms with Crippen LogP contribution >= 0.6 is 0 Å². The van der Waals surface area contributed by atoms with Gasteiger partial charge < -0.3 is 29.0 Å². The molecule has 1 heterocycles. The van der Waals surface area contributed by atoms with Crippen molar-refractivity contribution >= 4 is 23.8 Å². The average molecular weight is 389 g/mol. The zero-order valence-corrected chi connectivity index (χ0v) is 16.3. The summed E-state index contributed by atoms with van der Waals surface area (Å²) in [4.78, 5) is 46.0. The zero-order chi connectivity index (χ0) is 20.7. The maximum atomic E-state index is 11.7. The van der Waals surface area contributed by atoms with Crippen molar-refractivity contribution in [2.45, 2.75) is 78.3 Å². The van der Waals surface area contributed by atoms with Gasteiger partial charge in [-0.05, 0) is 13.8 Å². The topological polar surface area (TPSA) is 126 Å². The first kappa shape index (κ1) is 22.8. The number of carbonyl (C=O) groups excluding carboxylic acids is 4. The van der Waals surface area contributed by atoms with Gasteiger partial charge >= 0.3 is 17.9 Å². The summed E-state index contributed by atoms with van der Waals surface area (Å²) in [6.45, 7) is 8.12. The van der Waals surface area contributed by atoms with Crippen LogP contribution in [0.3, 0.4) is 0 Å². The Bertz CT molecular complexity index is 563. The van der Waals surface area contributed by atoms with Crippen LogP contribution in [-0.4, -0.2) is 67.2 Å². The Balaban J connectivity index is 3.27. The molecular formula is C17H27NO9. The Labute approximate surface area is 157 Å². The zero-order valence-electron chi connectivity index (χ0n) is 16.3. The number of rotatable bonds is 7. The molecule has 10 heteroatoms. The largest absolute Gasteiger partial charge is 0.463 e. The van der Waals surface area contributed by atoms with E-state index in [1.165, 1.54) is 27.7 Å².